The quantitative estimate of drug-likeness (QED) is 0.517. The zero-order valence-electron chi connectivity index (χ0n) is 8.25. The summed E-state index contributed by atoms with van der Waals surface area (Å²) in [5.74, 6) is 0. The van der Waals surface area contributed by atoms with Gasteiger partial charge in [-0.3, -0.25) is 4.90 Å². The Morgan fingerprint density at radius 3 is 2.08 bits per heavy atom. The second kappa shape index (κ2) is 9.18. The van der Waals surface area contributed by atoms with Crippen LogP contribution in [0.5, 0.6) is 0 Å². The molecule has 0 aromatic heterocycles. The molecule has 0 rings (SSSR count). The molecule has 0 saturated heterocycles. The minimum absolute atomic E-state index is 0.180. The van der Waals surface area contributed by atoms with Gasteiger partial charge >= 0.3 is 0 Å². The highest BCUT2D eigenvalue weighted by molar-refractivity contribution is 14.1. The molecule has 0 saturated carbocycles. The molecule has 0 spiro atoms. The molecule has 0 heterocycles. The van der Waals surface area contributed by atoms with Gasteiger partial charge in [0.2, 0.25) is 0 Å². The van der Waals surface area contributed by atoms with Crippen molar-refractivity contribution in [2.45, 2.75) is 23.7 Å². The minimum atomic E-state index is 0.180. The first-order valence-electron chi connectivity index (χ1n) is 4.78. The van der Waals surface area contributed by atoms with E-state index < -0.39 is 0 Å². The normalized spacial score (nSPS) is 13.6. The van der Waals surface area contributed by atoms with Crippen molar-refractivity contribution in [3.63, 3.8) is 0 Å². The highest BCUT2D eigenvalue weighted by atomic mass is 127. The summed E-state index contributed by atoms with van der Waals surface area (Å²) in [5.41, 5.74) is 0. The van der Waals surface area contributed by atoms with Crippen molar-refractivity contribution >= 4 is 22.6 Å². The third-order valence-electron chi connectivity index (χ3n) is 1.91. The molecule has 4 heteroatoms. The first-order chi connectivity index (χ1) is 6.20. The molecule has 80 valence electrons. The van der Waals surface area contributed by atoms with Crippen molar-refractivity contribution in [3.05, 3.63) is 0 Å². The fourth-order valence-electron chi connectivity index (χ4n) is 1.21. The van der Waals surface area contributed by atoms with E-state index >= 15 is 0 Å². The van der Waals surface area contributed by atoms with Crippen molar-refractivity contribution < 1.29 is 10.2 Å². The van der Waals surface area contributed by atoms with Crippen LogP contribution in [0.4, 0.5) is 0 Å². The van der Waals surface area contributed by atoms with Crippen LogP contribution in [0.15, 0.2) is 0 Å². The van der Waals surface area contributed by atoms with Crippen molar-refractivity contribution in [1.82, 2.24) is 4.90 Å². The molecule has 0 aliphatic carbocycles. The van der Waals surface area contributed by atoms with Crippen LogP contribution >= 0.6 is 22.6 Å². The van der Waals surface area contributed by atoms with Crippen LogP contribution in [0.2, 0.25) is 0 Å². The molecule has 1 atom stereocenters. The van der Waals surface area contributed by atoms with Crippen LogP contribution in [0.25, 0.3) is 0 Å². The first kappa shape index (κ1) is 13.6. The molecule has 13 heavy (non-hydrogen) atoms. The smallest absolute Gasteiger partial charge is 0.0558 e. The van der Waals surface area contributed by atoms with Crippen LogP contribution < -0.4 is 0 Å². The molecular formula is C9H20INO2. The number of nitrogens with zero attached hydrogens (tertiary/aromatic N) is 1. The Kier molecular flexibility index (Phi) is 9.61. The summed E-state index contributed by atoms with van der Waals surface area (Å²) in [6, 6.07) is 0. The molecule has 0 unspecified atom stereocenters. The maximum atomic E-state index is 8.75. The van der Waals surface area contributed by atoms with Crippen LogP contribution in [-0.2, 0) is 0 Å². The topological polar surface area (TPSA) is 43.7 Å². The summed E-state index contributed by atoms with van der Waals surface area (Å²) in [4.78, 5) is 2.10. The van der Waals surface area contributed by atoms with Gasteiger partial charge in [-0.15, -0.1) is 0 Å². The van der Waals surface area contributed by atoms with Gasteiger partial charge in [0.05, 0.1) is 13.2 Å². The summed E-state index contributed by atoms with van der Waals surface area (Å²) in [7, 11) is 0. The van der Waals surface area contributed by atoms with Crippen molar-refractivity contribution in [3.8, 4) is 0 Å². The molecule has 0 aromatic rings. The fraction of sp³-hybridized carbons (Fsp3) is 1.00. The van der Waals surface area contributed by atoms with Crippen LogP contribution in [-0.4, -0.2) is 51.9 Å². The van der Waals surface area contributed by atoms with Crippen molar-refractivity contribution in [2.75, 3.05) is 32.8 Å². The van der Waals surface area contributed by atoms with Gasteiger partial charge in [0, 0.05) is 17.0 Å². The fourth-order valence-corrected chi connectivity index (χ4v) is 1.65. The highest BCUT2D eigenvalue weighted by Gasteiger charge is 2.03. The van der Waals surface area contributed by atoms with E-state index in [4.69, 9.17) is 10.2 Å². The van der Waals surface area contributed by atoms with E-state index in [9.17, 15) is 0 Å². The third kappa shape index (κ3) is 8.93. The van der Waals surface area contributed by atoms with E-state index in [1.807, 2.05) is 0 Å². The number of alkyl halides is 1. The van der Waals surface area contributed by atoms with Crippen LogP contribution in [0.1, 0.15) is 19.8 Å². The Labute approximate surface area is 94.3 Å². The van der Waals surface area contributed by atoms with E-state index in [1.54, 1.807) is 0 Å². The van der Waals surface area contributed by atoms with E-state index in [0.717, 1.165) is 13.0 Å². The molecule has 0 radical (unpaired) electrons. The SMILES string of the molecule is C[C@@H](I)CCCN(CCO)CCO. The van der Waals surface area contributed by atoms with Crippen molar-refractivity contribution in [2.24, 2.45) is 0 Å². The number of halogens is 1. The monoisotopic (exact) mass is 301 g/mol. The lowest BCUT2D eigenvalue weighted by atomic mass is 10.2. The number of rotatable bonds is 8. The molecule has 0 aliphatic heterocycles. The summed E-state index contributed by atoms with van der Waals surface area (Å²) in [5, 5.41) is 17.5. The second-order valence-electron chi connectivity index (χ2n) is 3.21. The van der Waals surface area contributed by atoms with Gasteiger partial charge in [0.15, 0.2) is 0 Å². The summed E-state index contributed by atoms with van der Waals surface area (Å²) >= 11 is 2.41. The first-order valence-corrected chi connectivity index (χ1v) is 6.03. The highest BCUT2D eigenvalue weighted by Crippen LogP contribution is 2.07. The standard InChI is InChI=1S/C9H20INO2/c1-9(10)3-2-4-11(5-7-12)6-8-13/h9,12-13H,2-8H2,1H3/t9-/m1/s1. The zero-order chi connectivity index (χ0) is 10.1. The van der Waals surface area contributed by atoms with Gasteiger partial charge in [0.25, 0.3) is 0 Å². The Bertz CT molecular complexity index is 106. The molecule has 3 nitrogen and oxygen atoms in total. The molecule has 0 fully saturated rings. The number of hydrogen-bond donors (Lipinski definition) is 2. The number of aliphatic hydroxyl groups excluding tert-OH is 2. The number of hydrogen-bond acceptors (Lipinski definition) is 3. The van der Waals surface area contributed by atoms with Gasteiger partial charge in [-0.25, -0.2) is 0 Å². The average Bonchev–Trinajstić information content (AvgIpc) is 2.04. The van der Waals surface area contributed by atoms with Gasteiger partial charge in [-0.05, 0) is 19.4 Å². The summed E-state index contributed by atoms with van der Waals surface area (Å²) in [6.07, 6.45) is 2.35. The van der Waals surface area contributed by atoms with E-state index in [-0.39, 0.29) is 13.2 Å². The number of aliphatic hydroxyl groups is 2. The predicted molar refractivity (Wildman–Crippen MR) is 63.3 cm³/mol. The molecule has 0 aliphatic rings. The summed E-state index contributed by atoms with van der Waals surface area (Å²) < 4.78 is 0.711. The lowest BCUT2D eigenvalue weighted by Crippen LogP contribution is -2.31. The zero-order valence-corrected chi connectivity index (χ0v) is 10.4. The maximum absolute atomic E-state index is 8.75. The predicted octanol–water partition coefficient (Wildman–Crippen LogP) is 0.877. The average molecular weight is 301 g/mol. The van der Waals surface area contributed by atoms with E-state index in [0.29, 0.717) is 17.0 Å². The molecule has 0 amide bonds. The maximum Gasteiger partial charge on any atom is 0.0558 e. The van der Waals surface area contributed by atoms with Gasteiger partial charge in [0.1, 0.15) is 0 Å². The molecular weight excluding hydrogens is 281 g/mol. The lowest BCUT2D eigenvalue weighted by molar-refractivity contribution is 0.159. The summed E-state index contributed by atoms with van der Waals surface area (Å²) in [6.45, 7) is 4.89. The lowest BCUT2D eigenvalue weighted by Gasteiger charge is -2.20. The Balaban J connectivity index is 3.44. The van der Waals surface area contributed by atoms with Gasteiger partial charge in [-0.1, -0.05) is 29.5 Å². The van der Waals surface area contributed by atoms with Crippen molar-refractivity contribution in [1.29, 1.82) is 0 Å². The Hall–Kier alpha value is 0.610. The Morgan fingerprint density at radius 2 is 1.69 bits per heavy atom. The van der Waals surface area contributed by atoms with Gasteiger partial charge < -0.3 is 10.2 Å². The third-order valence-corrected chi connectivity index (χ3v) is 2.53. The Morgan fingerprint density at radius 1 is 1.15 bits per heavy atom. The molecule has 0 aromatic carbocycles. The largest absolute Gasteiger partial charge is 0.395 e. The second-order valence-corrected chi connectivity index (χ2v) is 5.34. The molecule has 2 N–H and O–H groups in total. The van der Waals surface area contributed by atoms with Crippen LogP contribution in [0.3, 0.4) is 0 Å². The van der Waals surface area contributed by atoms with Crippen LogP contribution in [0, 0.1) is 0 Å². The van der Waals surface area contributed by atoms with E-state index in [2.05, 4.69) is 34.4 Å². The minimum Gasteiger partial charge on any atom is -0.395 e. The van der Waals surface area contributed by atoms with E-state index in [1.165, 1.54) is 6.42 Å². The van der Waals surface area contributed by atoms with Gasteiger partial charge in [-0.2, -0.15) is 0 Å². The molecule has 0 bridgehead atoms.